The second-order valence-corrected chi connectivity index (χ2v) is 3.56. The van der Waals surface area contributed by atoms with Gasteiger partial charge in [-0.2, -0.15) is 10.2 Å². The summed E-state index contributed by atoms with van der Waals surface area (Å²) in [4.78, 5) is 0. The first-order valence-electron chi connectivity index (χ1n) is 4.34. The molecule has 4 heteroatoms. The van der Waals surface area contributed by atoms with Gasteiger partial charge in [0.15, 0.2) is 0 Å². The Kier molecular flexibility index (Phi) is 2.35. The zero-order valence-electron chi connectivity index (χ0n) is 7.79. The van der Waals surface area contributed by atoms with E-state index in [-0.39, 0.29) is 0 Å². The van der Waals surface area contributed by atoms with Crippen LogP contribution in [-0.2, 0) is 6.54 Å². The Morgan fingerprint density at radius 1 is 1.36 bits per heavy atom. The Morgan fingerprint density at radius 2 is 2.14 bits per heavy atom. The fourth-order valence-electron chi connectivity index (χ4n) is 1.36. The first kappa shape index (κ1) is 9.37. The summed E-state index contributed by atoms with van der Waals surface area (Å²) in [6.07, 6.45) is 0. The average molecular weight is 208 g/mol. The van der Waals surface area contributed by atoms with Crippen molar-refractivity contribution >= 4 is 22.5 Å². The number of aromatic nitrogens is 2. The zero-order valence-corrected chi connectivity index (χ0v) is 8.54. The molecule has 0 bridgehead atoms. The van der Waals surface area contributed by atoms with E-state index in [2.05, 4.69) is 10.2 Å². The summed E-state index contributed by atoms with van der Waals surface area (Å²) in [6, 6.07) is 5.88. The van der Waals surface area contributed by atoms with Gasteiger partial charge in [0, 0.05) is 11.9 Å². The Labute approximate surface area is 86.9 Å². The lowest BCUT2D eigenvalue weighted by Crippen LogP contribution is -2.02. The summed E-state index contributed by atoms with van der Waals surface area (Å²) in [7, 11) is 0. The number of aryl methyl sites for hydroxylation is 1. The second-order valence-electron chi connectivity index (χ2n) is 3.19. The Morgan fingerprint density at radius 3 is 2.86 bits per heavy atom. The Balaban J connectivity index is 2.79. The highest BCUT2D eigenvalue weighted by Gasteiger charge is 2.06. The van der Waals surface area contributed by atoms with Crippen LogP contribution in [0.15, 0.2) is 18.2 Å². The van der Waals surface area contributed by atoms with E-state index in [1.807, 2.05) is 25.1 Å². The quantitative estimate of drug-likeness (QED) is 0.779. The van der Waals surface area contributed by atoms with Crippen molar-refractivity contribution in [2.75, 3.05) is 0 Å². The number of nitrogens with zero attached hydrogens (tertiary/aromatic N) is 2. The number of hydrogen-bond donors (Lipinski definition) is 1. The van der Waals surface area contributed by atoms with Crippen molar-refractivity contribution in [1.29, 1.82) is 0 Å². The van der Waals surface area contributed by atoms with E-state index < -0.39 is 0 Å². The first-order valence-corrected chi connectivity index (χ1v) is 4.71. The predicted molar refractivity (Wildman–Crippen MR) is 57.2 cm³/mol. The van der Waals surface area contributed by atoms with Gasteiger partial charge in [0.25, 0.3) is 0 Å². The van der Waals surface area contributed by atoms with Gasteiger partial charge in [-0.15, -0.1) is 0 Å². The Bertz CT molecular complexity index is 482. The summed E-state index contributed by atoms with van der Waals surface area (Å²) in [5.74, 6) is 0. The van der Waals surface area contributed by atoms with Crippen molar-refractivity contribution in [2.24, 2.45) is 5.73 Å². The van der Waals surface area contributed by atoms with Gasteiger partial charge in [0.05, 0.1) is 16.2 Å². The van der Waals surface area contributed by atoms with Crippen molar-refractivity contribution in [1.82, 2.24) is 10.2 Å². The molecule has 0 saturated carbocycles. The molecule has 0 radical (unpaired) electrons. The average Bonchev–Trinajstić information content (AvgIpc) is 2.20. The van der Waals surface area contributed by atoms with Gasteiger partial charge in [0.2, 0.25) is 0 Å². The molecule has 0 fully saturated rings. The minimum atomic E-state index is 0.315. The van der Waals surface area contributed by atoms with Crippen LogP contribution in [0.4, 0.5) is 0 Å². The van der Waals surface area contributed by atoms with Gasteiger partial charge in [-0.05, 0) is 19.1 Å². The van der Waals surface area contributed by atoms with E-state index >= 15 is 0 Å². The number of nitrogens with two attached hydrogens (primary N) is 1. The Hall–Kier alpha value is -1.19. The van der Waals surface area contributed by atoms with Crippen LogP contribution in [0, 0.1) is 6.92 Å². The molecule has 0 amide bonds. The van der Waals surface area contributed by atoms with E-state index in [0.717, 1.165) is 16.5 Å². The molecule has 2 aromatic rings. The summed E-state index contributed by atoms with van der Waals surface area (Å²) >= 11 is 6.13. The van der Waals surface area contributed by atoms with Gasteiger partial charge >= 0.3 is 0 Å². The monoisotopic (exact) mass is 207 g/mol. The standard InChI is InChI=1S/C10H10ClN3/c1-6-2-3-8-7(4-6)10(11)9(5-12)14-13-8/h2-4H,5,12H2,1H3. The molecule has 1 heterocycles. The smallest absolute Gasteiger partial charge is 0.0959 e. The fourth-order valence-corrected chi connectivity index (χ4v) is 1.62. The minimum Gasteiger partial charge on any atom is -0.325 e. The largest absolute Gasteiger partial charge is 0.325 e. The normalized spacial score (nSPS) is 10.8. The molecule has 1 aromatic heterocycles. The SMILES string of the molecule is Cc1ccc2nnc(CN)c(Cl)c2c1. The van der Waals surface area contributed by atoms with Crippen LogP contribution in [0.5, 0.6) is 0 Å². The van der Waals surface area contributed by atoms with Crippen molar-refractivity contribution in [3.8, 4) is 0 Å². The lowest BCUT2D eigenvalue weighted by atomic mass is 10.1. The predicted octanol–water partition coefficient (Wildman–Crippen LogP) is 2.05. The molecule has 0 atom stereocenters. The summed E-state index contributed by atoms with van der Waals surface area (Å²) < 4.78 is 0. The summed E-state index contributed by atoms with van der Waals surface area (Å²) in [5, 5.41) is 9.52. The molecule has 0 aliphatic carbocycles. The zero-order chi connectivity index (χ0) is 10.1. The topological polar surface area (TPSA) is 51.8 Å². The molecule has 14 heavy (non-hydrogen) atoms. The van der Waals surface area contributed by atoms with E-state index in [1.54, 1.807) is 0 Å². The third kappa shape index (κ3) is 1.45. The van der Waals surface area contributed by atoms with Crippen molar-refractivity contribution in [3.63, 3.8) is 0 Å². The molecular weight excluding hydrogens is 198 g/mol. The summed E-state index contributed by atoms with van der Waals surface area (Å²) in [6.45, 7) is 2.33. The third-order valence-electron chi connectivity index (χ3n) is 2.11. The number of benzene rings is 1. The van der Waals surface area contributed by atoms with Crippen LogP contribution in [0.2, 0.25) is 5.02 Å². The van der Waals surface area contributed by atoms with E-state index in [9.17, 15) is 0 Å². The number of halogens is 1. The molecule has 0 spiro atoms. The van der Waals surface area contributed by atoms with Gasteiger partial charge in [-0.3, -0.25) is 0 Å². The third-order valence-corrected chi connectivity index (χ3v) is 2.54. The van der Waals surface area contributed by atoms with Gasteiger partial charge < -0.3 is 5.73 Å². The maximum Gasteiger partial charge on any atom is 0.0959 e. The number of fused-ring (bicyclic) bond motifs is 1. The van der Waals surface area contributed by atoms with E-state index in [4.69, 9.17) is 17.3 Å². The molecule has 1 aromatic carbocycles. The van der Waals surface area contributed by atoms with Gasteiger partial charge in [-0.1, -0.05) is 23.2 Å². The molecule has 0 aliphatic heterocycles. The number of rotatable bonds is 1. The maximum atomic E-state index is 6.13. The highest BCUT2D eigenvalue weighted by Crippen LogP contribution is 2.24. The highest BCUT2D eigenvalue weighted by atomic mass is 35.5. The van der Waals surface area contributed by atoms with E-state index in [1.165, 1.54) is 0 Å². The second kappa shape index (κ2) is 3.52. The van der Waals surface area contributed by atoms with Crippen LogP contribution < -0.4 is 5.73 Å². The van der Waals surface area contributed by atoms with Crippen LogP contribution in [0.1, 0.15) is 11.3 Å². The van der Waals surface area contributed by atoms with Gasteiger partial charge in [-0.25, -0.2) is 0 Å². The van der Waals surface area contributed by atoms with Crippen LogP contribution in [-0.4, -0.2) is 10.2 Å². The minimum absolute atomic E-state index is 0.315. The van der Waals surface area contributed by atoms with Crippen molar-refractivity contribution in [3.05, 3.63) is 34.5 Å². The van der Waals surface area contributed by atoms with Crippen LogP contribution >= 0.6 is 11.6 Å². The molecule has 3 nitrogen and oxygen atoms in total. The van der Waals surface area contributed by atoms with Crippen LogP contribution in [0.25, 0.3) is 10.9 Å². The maximum absolute atomic E-state index is 6.13. The molecule has 72 valence electrons. The molecule has 0 aliphatic rings. The van der Waals surface area contributed by atoms with Crippen LogP contribution in [0.3, 0.4) is 0 Å². The lowest BCUT2D eigenvalue weighted by molar-refractivity contribution is 0.920. The van der Waals surface area contributed by atoms with Gasteiger partial charge in [0.1, 0.15) is 0 Å². The first-order chi connectivity index (χ1) is 6.72. The molecule has 0 unspecified atom stereocenters. The molecular formula is C10H10ClN3. The number of hydrogen-bond acceptors (Lipinski definition) is 3. The molecule has 2 rings (SSSR count). The van der Waals surface area contributed by atoms with E-state index in [0.29, 0.717) is 17.3 Å². The summed E-state index contributed by atoms with van der Waals surface area (Å²) in [5.41, 5.74) is 8.09. The lowest BCUT2D eigenvalue weighted by Gasteiger charge is -2.03. The molecule has 0 saturated heterocycles. The highest BCUT2D eigenvalue weighted by molar-refractivity contribution is 6.35. The fraction of sp³-hybridized carbons (Fsp3) is 0.200. The molecule has 2 N–H and O–H groups in total. The van der Waals surface area contributed by atoms with Crippen molar-refractivity contribution in [2.45, 2.75) is 13.5 Å². The van der Waals surface area contributed by atoms with Crippen molar-refractivity contribution < 1.29 is 0 Å².